The number of carbonyl (C=O) groups is 2. The number of nitrogens with zero attached hydrogens (tertiary/aromatic N) is 1. The number of aryl methyl sites for hydroxylation is 1. The first-order valence-electron chi connectivity index (χ1n) is 8.60. The van der Waals surface area contributed by atoms with Crippen LogP contribution in [-0.2, 0) is 24.3 Å². The molecule has 25 heavy (non-hydrogen) atoms. The lowest BCUT2D eigenvalue weighted by atomic mass is 9.72. The molecule has 0 aromatic heterocycles. The van der Waals surface area contributed by atoms with Gasteiger partial charge in [-0.05, 0) is 38.8 Å². The molecule has 0 unspecified atom stereocenters. The van der Waals surface area contributed by atoms with Gasteiger partial charge in [0.1, 0.15) is 5.78 Å². The Morgan fingerprint density at radius 2 is 1.72 bits per heavy atom. The van der Waals surface area contributed by atoms with Crippen LogP contribution in [0.2, 0.25) is 0 Å². The van der Waals surface area contributed by atoms with Crippen LogP contribution in [0, 0.1) is 24.7 Å². The Bertz CT molecular complexity index is 753. The van der Waals surface area contributed by atoms with E-state index in [0.29, 0.717) is 19.4 Å². The van der Waals surface area contributed by atoms with Crippen LogP contribution in [0.3, 0.4) is 0 Å². The Morgan fingerprint density at radius 3 is 2.24 bits per heavy atom. The second-order valence-corrected chi connectivity index (χ2v) is 8.79. The highest BCUT2D eigenvalue weighted by atomic mass is 32.2. The van der Waals surface area contributed by atoms with E-state index in [-0.39, 0.29) is 35.7 Å². The van der Waals surface area contributed by atoms with Gasteiger partial charge in [0.05, 0.1) is 17.4 Å². The zero-order valence-electron chi connectivity index (χ0n) is 14.5. The second kappa shape index (κ2) is 6.88. The number of piperidine rings is 1. The molecule has 1 heterocycles. The first-order valence-corrected chi connectivity index (χ1v) is 10.0. The van der Waals surface area contributed by atoms with Gasteiger partial charge in [0.15, 0.2) is 0 Å². The molecule has 136 valence electrons. The van der Waals surface area contributed by atoms with Gasteiger partial charge in [-0.25, -0.2) is 8.42 Å². The Labute approximate surface area is 148 Å². The van der Waals surface area contributed by atoms with Gasteiger partial charge >= 0.3 is 5.97 Å². The summed E-state index contributed by atoms with van der Waals surface area (Å²) in [6.45, 7) is 4.24. The van der Waals surface area contributed by atoms with Crippen LogP contribution in [0.5, 0.6) is 0 Å². The van der Waals surface area contributed by atoms with Gasteiger partial charge in [-0.15, -0.1) is 0 Å². The van der Waals surface area contributed by atoms with E-state index < -0.39 is 21.9 Å². The van der Waals surface area contributed by atoms with Gasteiger partial charge < -0.3 is 4.74 Å². The fourth-order valence-electron chi connectivity index (χ4n) is 3.75. The number of Topliss-reactive ketones (excluding diaryl/α,β-unsaturated/α-hetero) is 1. The van der Waals surface area contributed by atoms with Crippen LogP contribution in [0.15, 0.2) is 29.2 Å². The highest BCUT2D eigenvalue weighted by Crippen LogP contribution is 2.37. The molecule has 2 bridgehead atoms. The molecule has 1 saturated heterocycles. The van der Waals surface area contributed by atoms with Gasteiger partial charge in [-0.3, -0.25) is 9.59 Å². The van der Waals surface area contributed by atoms with Crippen LogP contribution in [0.4, 0.5) is 0 Å². The molecule has 2 aliphatic rings. The van der Waals surface area contributed by atoms with Gasteiger partial charge in [0.25, 0.3) is 0 Å². The molecule has 1 aromatic carbocycles. The molecule has 6 nitrogen and oxygen atoms in total. The summed E-state index contributed by atoms with van der Waals surface area (Å²) >= 11 is 0. The average Bonchev–Trinajstić information content (AvgIpc) is 2.55. The molecule has 7 heteroatoms. The molecule has 0 N–H and O–H groups in total. The molecule has 0 amide bonds. The molecule has 1 aliphatic carbocycles. The number of benzene rings is 1. The van der Waals surface area contributed by atoms with Crippen molar-refractivity contribution in [2.45, 2.75) is 31.6 Å². The number of fused-ring (bicyclic) bond motifs is 2. The van der Waals surface area contributed by atoms with Crippen LogP contribution >= 0.6 is 0 Å². The van der Waals surface area contributed by atoms with E-state index in [4.69, 9.17) is 4.74 Å². The second-order valence-electron chi connectivity index (χ2n) is 6.85. The van der Waals surface area contributed by atoms with E-state index in [0.717, 1.165) is 5.56 Å². The quantitative estimate of drug-likeness (QED) is 0.760. The summed E-state index contributed by atoms with van der Waals surface area (Å²) in [4.78, 5) is 24.7. The van der Waals surface area contributed by atoms with Gasteiger partial charge in [0.2, 0.25) is 10.0 Å². The van der Waals surface area contributed by atoms with Crippen LogP contribution in [0.25, 0.3) is 0 Å². The number of ether oxygens (including phenoxy) is 1. The van der Waals surface area contributed by atoms with Gasteiger partial charge in [0, 0.05) is 24.9 Å². The van der Waals surface area contributed by atoms with Crippen molar-refractivity contribution in [3.8, 4) is 0 Å². The molecule has 1 saturated carbocycles. The number of ketones is 1. The Kier molecular flexibility index (Phi) is 4.97. The Balaban J connectivity index is 1.79. The number of esters is 1. The summed E-state index contributed by atoms with van der Waals surface area (Å²) in [5.41, 5.74) is 0.988. The van der Waals surface area contributed by atoms with E-state index in [2.05, 4.69) is 0 Å². The van der Waals surface area contributed by atoms with Crippen molar-refractivity contribution in [2.24, 2.45) is 17.8 Å². The maximum absolute atomic E-state index is 12.9. The normalized spacial score (nSPS) is 27.1. The SMILES string of the molecule is CCOC(=O)C1C[C@H]2CN(S(=O)(=O)c3ccc(C)cc3)C[C@H](C1)C2=O. The maximum atomic E-state index is 12.9. The minimum absolute atomic E-state index is 0.0795. The first kappa shape index (κ1) is 18.1. The topological polar surface area (TPSA) is 80.8 Å². The fourth-order valence-corrected chi connectivity index (χ4v) is 5.28. The predicted octanol–water partition coefficient (Wildman–Crippen LogP) is 1.77. The Morgan fingerprint density at radius 1 is 1.16 bits per heavy atom. The van der Waals surface area contributed by atoms with Gasteiger partial charge in [-0.1, -0.05) is 17.7 Å². The van der Waals surface area contributed by atoms with Crippen molar-refractivity contribution in [1.29, 1.82) is 0 Å². The zero-order valence-corrected chi connectivity index (χ0v) is 15.3. The molecule has 2 fully saturated rings. The van der Waals surface area contributed by atoms with Gasteiger partial charge in [-0.2, -0.15) is 4.31 Å². The number of hydrogen-bond acceptors (Lipinski definition) is 5. The number of rotatable bonds is 4. The summed E-state index contributed by atoms with van der Waals surface area (Å²) < 4.78 is 32.2. The number of hydrogen-bond donors (Lipinski definition) is 0. The zero-order chi connectivity index (χ0) is 18.2. The van der Waals surface area contributed by atoms with E-state index in [9.17, 15) is 18.0 Å². The lowest BCUT2D eigenvalue weighted by molar-refractivity contribution is -0.153. The minimum atomic E-state index is -3.63. The highest BCUT2D eigenvalue weighted by Gasteiger charge is 2.47. The van der Waals surface area contributed by atoms with Crippen LogP contribution in [0.1, 0.15) is 25.3 Å². The minimum Gasteiger partial charge on any atom is -0.466 e. The number of sulfonamides is 1. The summed E-state index contributed by atoms with van der Waals surface area (Å²) in [5, 5.41) is 0. The first-order chi connectivity index (χ1) is 11.8. The standard InChI is InChI=1S/C18H23NO5S/c1-3-24-18(21)13-8-14-10-19(11-15(9-13)17(14)20)25(22,23)16-6-4-12(2)5-7-16/h4-7,13-15H,3,8-11H2,1-2H3/t14-,15-/m0/s1. The lowest BCUT2D eigenvalue weighted by Crippen LogP contribution is -2.53. The molecule has 2 atom stereocenters. The summed E-state index contributed by atoms with van der Waals surface area (Å²) in [6.07, 6.45) is 0.738. The third-order valence-electron chi connectivity index (χ3n) is 5.07. The predicted molar refractivity (Wildman–Crippen MR) is 91.3 cm³/mol. The molecular formula is C18H23NO5S. The largest absolute Gasteiger partial charge is 0.466 e. The maximum Gasteiger partial charge on any atom is 0.308 e. The molecule has 0 radical (unpaired) electrons. The van der Waals surface area contributed by atoms with E-state index in [1.54, 1.807) is 31.2 Å². The van der Waals surface area contributed by atoms with E-state index >= 15 is 0 Å². The van der Waals surface area contributed by atoms with Crippen molar-refractivity contribution in [3.05, 3.63) is 29.8 Å². The third-order valence-corrected chi connectivity index (χ3v) is 6.92. The molecule has 3 rings (SSSR count). The molecular weight excluding hydrogens is 342 g/mol. The highest BCUT2D eigenvalue weighted by molar-refractivity contribution is 7.89. The Hall–Kier alpha value is -1.73. The summed E-state index contributed by atoms with van der Waals surface area (Å²) in [6, 6.07) is 6.72. The molecule has 0 spiro atoms. The van der Waals surface area contributed by atoms with E-state index in [1.165, 1.54) is 4.31 Å². The van der Waals surface area contributed by atoms with Crippen molar-refractivity contribution in [3.63, 3.8) is 0 Å². The molecule has 1 aromatic rings. The third kappa shape index (κ3) is 3.48. The van der Waals surface area contributed by atoms with Crippen molar-refractivity contribution >= 4 is 21.8 Å². The monoisotopic (exact) mass is 365 g/mol. The average molecular weight is 365 g/mol. The summed E-state index contributed by atoms with van der Waals surface area (Å²) in [7, 11) is -3.63. The van der Waals surface area contributed by atoms with Crippen molar-refractivity contribution in [1.82, 2.24) is 4.31 Å². The van der Waals surface area contributed by atoms with Crippen molar-refractivity contribution < 1.29 is 22.7 Å². The van der Waals surface area contributed by atoms with E-state index in [1.807, 2.05) is 6.92 Å². The summed E-state index contributed by atoms with van der Waals surface area (Å²) in [5.74, 6) is -1.36. The van der Waals surface area contributed by atoms with Crippen molar-refractivity contribution in [2.75, 3.05) is 19.7 Å². The van der Waals surface area contributed by atoms with Crippen LogP contribution in [-0.4, -0.2) is 44.2 Å². The molecule has 1 aliphatic heterocycles. The fraction of sp³-hybridized carbons (Fsp3) is 0.556. The lowest BCUT2D eigenvalue weighted by Gasteiger charge is -2.41. The van der Waals surface area contributed by atoms with Crippen LogP contribution < -0.4 is 0 Å². The smallest absolute Gasteiger partial charge is 0.308 e. The number of carbonyl (C=O) groups excluding carboxylic acids is 2.